The molecule has 0 saturated carbocycles. The Labute approximate surface area is 67.9 Å². The molecule has 2 N–H and O–H groups in total. The van der Waals surface area contributed by atoms with E-state index in [2.05, 4.69) is 17.2 Å². The normalized spacial score (nSPS) is 9.18. The van der Waals surface area contributed by atoms with Crippen LogP contribution in [0.3, 0.4) is 0 Å². The van der Waals surface area contributed by atoms with Crippen molar-refractivity contribution in [3.63, 3.8) is 0 Å². The largest absolute Gasteiger partial charge is 0.355 e. The van der Waals surface area contributed by atoms with Gasteiger partial charge in [-0.2, -0.15) is 0 Å². The van der Waals surface area contributed by atoms with Gasteiger partial charge in [0.15, 0.2) is 0 Å². The van der Waals surface area contributed by atoms with E-state index in [4.69, 9.17) is 0 Å². The van der Waals surface area contributed by atoms with Crippen molar-refractivity contribution >= 4 is 5.91 Å². The summed E-state index contributed by atoms with van der Waals surface area (Å²) in [5, 5.41) is 5.85. The van der Waals surface area contributed by atoms with Crippen molar-refractivity contribution in [3.8, 4) is 0 Å². The summed E-state index contributed by atoms with van der Waals surface area (Å²) in [5.74, 6) is 0.0397. The molecule has 64 valence electrons. The average molecular weight is 156 g/mol. The number of hydrogen-bond donors (Lipinski definition) is 2. The van der Waals surface area contributed by atoms with Crippen molar-refractivity contribution in [3.05, 3.63) is 12.7 Å². The van der Waals surface area contributed by atoms with Gasteiger partial charge in [-0.05, 0) is 6.54 Å². The quantitative estimate of drug-likeness (QED) is 0.428. The lowest BCUT2D eigenvalue weighted by atomic mass is 10.4. The first kappa shape index (κ1) is 10.2. The summed E-state index contributed by atoms with van der Waals surface area (Å²) in [6.07, 6.45) is 2.01. The van der Waals surface area contributed by atoms with Gasteiger partial charge >= 0.3 is 0 Å². The van der Waals surface area contributed by atoms with Gasteiger partial charge in [0.05, 0.1) is 0 Å². The van der Waals surface area contributed by atoms with E-state index in [0.717, 1.165) is 13.1 Å². The number of amides is 1. The van der Waals surface area contributed by atoms with E-state index in [1.54, 1.807) is 6.08 Å². The molecule has 3 heteroatoms. The molecule has 0 rings (SSSR count). The van der Waals surface area contributed by atoms with E-state index in [1.165, 1.54) is 0 Å². The van der Waals surface area contributed by atoms with Crippen LogP contribution in [0.4, 0.5) is 0 Å². The summed E-state index contributed by atoms with van der Waals surface area (Å²) in [7, 11) is 0. The van der Waals surface area contributed by atoms with Gasteiger partial charge in [-0.1, -0.05) is 13.0 Å². The summed E-state index contributed by atoms with van der Waals surface area (Å²) in [6.45, 7) is 7.97. The van der Waals surface area contributed by atoms with Crippen molar-refractivity contribution < 1.29 is 4.79 Å². The van der Waals surface area contributed by atoms with Crippen molar-refractivity contribution in [1.29, 1.82) is 0 Å². The lowest BCUT2D eigenvalue weighted by Crippen LogP contribution is -2.31. The summed E-state index contributed by atoms with van der Waals surface area (Å²) in [5.41, 5.74) is 0. The van der Waals surface area contributed by atoms with Gasteiger partial charge in [-0.25, -0.2) is 0 Å². The highest BCUT2D eigenvalue weighted by atomic mass is 16.1. The molecule has 11 heavy (non-hydrogen) atoms. The van der Waals surface area contributed by atoms with Gasteiger partial charge in [-0.15, -0.1) is 6.58 Å². The zero-order chi connectivity index (χ0) is 8.53. The minimum absolute atomic E-state index is 0.0397. The summed E-state index contributed by atoms with van der Waals surface area (Å²) in [6, 6.07) is 0. The van der Waals surface area contributed by atoms with Crippen LogP contribution in [0.5, 0.6) is 0 Å². The second-order valence-corrected chi connectivity index (χ2v) is 2.20. The van der Waals surface area contributed by atoms with Gasteiger partial charge in [0, 0.05) is 19.5 Å². The highest BCUT2D eigenvalue weighted by Crippen LogP contribution is 1.77. The minimum atomic E-state index is 0.0397. The Morgan fingerprint density at radius 1 is 1.55 bits per heavy atom. The average Bonchev–Trinajstić information content (AvgIpc) is 1.99. The Morgan fingerprint density at radius 2 is 2.27 bits per heavy atom. The molecule has 0 aliphatic rings. The maximum atomic E-state index is 10.8. The first-order valence-electron chi connectivity index (χ1n) is 3.89. The third-order valence-electron chi connectivity index (χ3n) is 1.20. The predicted octanol–water partition coefficient (Wildman–Crippen LogP) is 0.288. The van der Waals surface area contributed by atoms with Gasteiger partial charge in [0.2, 0.25) is 5.91 Å². The van der Waals surface area contributed by atoms with Crippen LogP contribution in [-0.4, -0.2) is 25.5 Å². The van der Waals surface area contributed by atoms with Crippen LogP contribution in [0, 0.1) is 0 Å². The Hall–Kier alpha value is -0.830. The fourth-order valence-electron chi connectivity index (χ4n) is 0.670. The van der Waals surface area contributed by atoms with Crippen LogP contribution in [0.25, 0.3) is 0 Å². The molecular formula is C8H16N2O. The van der Waals surface area contributed by atoms with Gasteiger partial charge in [0.25, 0.3) is 0 Å². The van der Waals surface area contributed by atoms with E-state index in [0.29, 0.717) is 13.0 Å². The van der Waals surface area contributed by atoms with Crippen LogP contribution in [0.15, 0.2) is 12.7 Å². The molecule has 0 aromatic heterocycles. The Morgan fingerprint density at radius 3 is 2.82 bits per heavy atom. The van der Waals surface area contributed by atoms with Gasteiger partial charge in [0.1, 0.15) is 0 Å². The lowest BCUT2D eigenvalue weighted by molar-refractivity contribution is -0.120. The summed E-state index contributed by atoms with van der Waals surface area (Å²) in [4.78, 5) is 10.8. The number of carbonyl (C=O) groups excluding carboxylic acids is 1. The van der Waals surface area contributed by atoms with E-state index in [1.807, 2.05) is 6.92 Å². The van der Waals surface area contributed by atoms with E-state index in [9.17, 15) is 4.79 Å². The van der Waals surface area contributed by atoms with Crippen LogP contribution in [0.2, 0.25) is 0 Å². The van der Waals surface area contributed by atoms with Crippen LogP contribution >= 0.6 is 0 Å². The topological polar surface area (TPSA) is 41.1 Å². The fraction of sp³-hybridized carbons (Fsp3) is 0.625. The highest BCUT2D eigenvalue weighted by molar-refractivity contribution is 5.77. The Balaban J connectivity index is 3.10. The molecule has 0 aromatic rings. The van der Waals surface area contributed by atoms with E-state index in [-0.39, 0.29) is 5.91 Å². The standard InChI is InChI=1S/C8H16N2O/c1-3-5-8(11)10-7-6-9-4-2/h3,9H,1,4-7H2,2H3,(H,10,11). The molecule has 0 radical (unpaired) electrons. The first-order chi connectivity index (χ1) is 5.31. The zero-order valence-corrected chi connectivity index (χ0v) is 7.02. The number of carbonyl (C=O) groups is 1. The smallest absolute Gasteiger partial charge is 0.223 e. The Kier molecular flexibility index (Phi) is 6.73. The van der Waals surface area contributed by atoms with Gasteiger partial charge < -0.3 is 10.6 Å². The van der Waals surface area contributed by atoms with Crippen molar-refractivity contribution in [2.24, 2.45) is 0 Å². The molecule has 0 bridgehead atoms. The van der Waals surface area contributed by atoms with Crippen LogP contribution in [0.1, 0.15) is 13.3 Å². The van der Waals surface area contributed by atoms with E-state index < -0.39 is 0 Å². The third kappa shape index (κ3) is 7.06. The second kappa shape index (κ2) is 7.28. The highest BCUT2D eigenvalue weighted by Gasteiger charge is 1.94. The van der Waals surface area contributed by atoms with Crippen LogP contribution < -0.4 is 10.6 Å². The summed E-state index contributed by atoms with van der Waals surface area (Å²) < 4.78 is 0. The predicted molar refractivity (Wildman–Crippen MR) is 46.4 cm³/mol. The molecule has 3 nitrogen and oxygen atoms in total. The monoisotopic (exact) mass is 156 g/mol. The molecule has 0 saturated heterocycles. The van der Waals surface area contributed by atoms with Crippen molar-refractivity contribution in [1.82, 2.24) is 10.6 Å². The molecule has 0 heterocycles. The minimum Gasteiger partial charge on any atom is -0.355 e. The number of nitrogens with one attached hydrogen (secondary N) is 2. The van der Waals surface area contributed by atoms with Crippen molar-refractivity contribution in [2.75, 3.05) is 19.6 Å². The molecular weight excluding hydrogens is 140 g/mol. The third-order valence-corrected chi connectivity index (χ3v) is 1.20. The van der Waals surface area contributed by atoms with E-state index >= 15 is 0 Å². The fourth-order valence-corrected chi connectivity index (χ4v) is 0.670. The van der Waals surface area contributed by atoms with Gasteiger partial charge in [-0.3, -0.25) is 4.79 Å². The molecule has 0 aliphatic carbocycles. The molecule has 0 aliphatic heterocycles. The maximum Gasteiger partial charge on any atom is 0.223 e. The summed E-state index contributed by atoms with van der Waals surface area (Å²) >= 11 is 0. The number of rotatable bonds is 6. The lowest BCUT2D eigenvalue weighted by Gasteiger charge is -2.02. The first-order valence-corrected chi connectivity index (χ1v) is 3.89. The molecule has 0 fully saturated rings. The second-order valence-electron chi connectivity index (χ2n) is 2.20. The molecule has 0 aromatic carbocycles. The SMILES string of the molecule is C=CCC(=O)NCCNCC. The van der Waals surface area contributed by atoms with Crippen LogP contribution in [-0.2, 0) is 4.79 Å². The number of likely N-dealkylation sites (N-methyl/N-ethyl adjacent to an activating group) is 1. The van der Waals surface area contributed by atoms with Crippen molar-refractivity contribution in [2.45, 2.75) is 13.3 Å². The zero-order valence-electron chi connectivity index (χ0n) is 7.02. The molecule has 0 spiro atoms. The molecule has 1 amide bonds. The Bertz CT molecular complexity index is 123. The maximum absolute atomic E-state index is 10.8. The number of hydrogen-bond acceptors (Lipinski definition) is 2. The molecule has 0 atom stereocenters. The molecule has 0 unspecified atom stereocenters.